The molecule has 0 aliphatic heterocycles. The van der Waals surface area contributed by atoms with Crippen LogP contribution in [0.3, 0.4) is 0 Å². The summed E-state index contributed by atoms with van der Waals surface area (Å²) in [6, 6.07) is 10.5. The molecule has 0 saturated heterocycles. The molecular weight excluding hydrogens is 386 g/mol. The number of nitrogens with one attached hydrogen (secondary N) is 1. The van der Waals surface area contributed by atoms with E-state index in [1.807, 2.05) is 24.4 Å². The number of aromatic nitrogens is 1. The topological polar surface area (TPSA) is 42.0 Å². The van der Waals surface area contributed by atoms with Gasteiger partial charge in [-0.2, -0.15) is 0 Å². The van der Waals surface area contributed by atoms with Crippen LogP contribution in [0.1, 0.15) is 40.1 Å². The summed E-state index contributed by atoms with van der Waals surface area (Å²) in [7, 11) is 0. The van der Waals surface area contributed by atoms with Gasteiger partial charge in [-0.3, -0.25) is 4.79 Å². The Kier molecular flexibility index (Phi) is 6.23. The molecule has 0 aliphatic rings. The standard InChI is InChI=1S/C20H18F2N2OS2/c1-12-10-26-20(23-12)27-11-14-3-5-15(6-4-14)19(25)24-13(2)16-7-8-17(21)18(22)9-16/h3-10,13H,11H2,1-2H3,(H,24,25). The minimum atomic E-state index is -0.925. The quantitative estimate of drug-likeness (QED) is 0.551. The molecule has 0 saturated carbocycles. The Morgan fingerprint density at radius 1 is 1.19 bits per heavy atom. The Bertz CT molecular complexity index is 941. The summed E-state index contributed by atoms with van der Waals surface area (Å²) in [5.41, 5.74) is 3.14. The van der Waals surface area contributed by atoms with Gasteiger partial charge in [-0.05, 0) is 49.2 Å². The van der Waals surface area contributed by atoms with Crippen molar-refractivity contribution >= 4 is 29.0 Å². The number of thiazole rings is 1. The largest absolute Gasteiger partial charge is 0.346 e. The third-order valence-corrected chi connectivity index (χ3v) is 6.18. The van der Waals surface area contributed by atoms with Gasteiger partial charge >= 0.3 is 0 Å². The Balaban J connectivity index is 1.58. The van der Waals surface area contributed by atoms with Crippen molar-refractivity contribution in [3.63, 3.8) is 0 Å². The molecule has 0 bridgehead atoms. The number of carbonyl (C=O) groups is 1. The molecule has 3 aromatic rings. The van der Waals surface area contributed by atoms with E-state index in [-0.39, 0.29) is 5.91 Å². The Morgan fingerprint density at radius 2 is 1.93 bits per heavy atom. The average molecular weight is 405 g/mol. The van der Waals surface area contributed by atoms with Crippen molar-refractivity contribution in [3.8, 4) is 0 Å². The number of aryl methyl sites for hydroxylation is 1. The highest BCUT2D eigenvalue weighted by atomic mass is 32.2. The fourth-order valence-corrected chi connectivity index (χ4v) is 4.25. The first-order valence-corrected chi connectivity index (χ1v) is 10.2. The number of hydrogen-bond donors (Lipinski definition) is 1. The summed E-state index contributed by atoms with van der Waals surface area (Å²) < 4.78 is 27.4. The fourth-order valence-electron chi connectivity index (χ4n) is 2.44. The number of rotatable bonds is 6. The van der Waals surface area contributed by atoms with Crippen molar-refractivity contribution in [2.45, 2.75) is 30.0 Å². The van der Waals surface area contributed by atoms with Crippen LogP contribution < -0.4 is 5.32 Å². The minimum Gasteiger partial charge on any atom is -0.346 e. The Morgan fingerprint density at radius 3 is 2.56 bits per heavy atom. The third-order valence-electron chi connectivity index (χ3n) is 3.97. The molecule has 7 heteroatoms. The first kappa shape index (κ1) is 19.5. The lowest BCUT2D eigenvalue weighted by molar-refractivity contribution is 0.0940. The molecule has 1 unspecified atom stereocenters. The van der Waals surface area contributed by atoms with Crippen molar-refractivity contribution in [2.75, 3.05) is 0 Å². The van der Waals surface area contributed by atoms with Crippen LogP contribution in [0.4, 0.5) is 8.78 Å². The summed E-state index contributed by atoms with van der Waals surface area (Å²) in [4.78, 5) is 16.8. The van der Waals surface area contributed by atoms with Crippen LogP contribution in [0.25, 0.3) is 0 Å². The fraction of sp³-hybridized carbons (Fsp3) is 0.200. The maximum absolute atomic E-state index is 13.3. The Hall–Kier alpha value is -2.25. The number of nitrogens with zero attached hydrogens (tertiary/aromatic N) is 1. The van der Waals surface area contributed by atoms with Gasteiger partial charge in [0.25, 0.3) is 5.91 Å². The van der Waals surface area contributed by atoms with E-state index in [2.05, 4.69) is 10.3 Å². The molecule has 3 rings (SSSR count). The zero-order chi connectivity index (χ0) is 19.4. The van der Waals surface area contributed by atoms with E-state index in [1.54, 1.807) is 42.2 Å². The zero-order valence-corrected chi connectivity index (χ0v) is 16.5. The molecule has 1 heterocycles. The zero-order valence-electron chi connectivity index (χ0n) is 14.8. The summed E-state index contributed by atoms with van der Waals surface area (Å²) in [6.45, 7) is 3.70. The van der Waals surface area contributed by atoms with Crippen molar-refractivity contribution in [1.29, 1.82) is 0 Å². The van der Waals surface area contributed by atoms with Crippen LogP contribution in [0, 0.1) is 18.6 Å². The molecule has 1 amide bonds. The highest BCUT2D eigenvalue weighted by Gasteiger charge is 2.13. The second-order valence-electron chi connectivity index (χ2n) is 6.11. The first-order chi connectivity index (χ1) is 12.9. The van der Waals surface area contributed by atoms with Crippen LogP contribution in [0.15, 0.2) is 52.2 Å². The number of hydrogen-bond acceptors (Lipinski definition) is 4. The number of amides is 1. The summed E-state index contributed by atoms with van der Waals surface area (Å²) in [5, 5.41) is 4.82. The summed E-state index contributed by atoms with van der Waals surface area (Å²) in [6.07, 6.45) is 0. The normalized spacial score (nSPS) is 12.0. The Labute approximate surface area is 164 Å². The molecule has 1 N–H and O–H groups in total. The predicted molar refractivity (Wildman–Crippen MR) is 105 cm³/mol. The van der Waals surface area contributed by atoms with Gasteiger partial charge in [0.05, 0.1) is 6.04 Å². The van der Waals surface area contributed by atoms with Crippen molar-refractivity contribution in [2.24, 2.45) is 0 Å². The molecule has 0 aliphatic carbocycles. The van der Waals surface area contributed by atoms with E-state index in [1.165, 1.54) is 6.07 Å². The average Bonchev–Trinajstić information content (AvgIpc) is 3.08. The number of carbonyl (C=O) groups excluding carboxylic acids is 1. The molecule has 1 aromatic heterocycles. The maximum atomic E-state index is 13.3. The predicted octanol–water partition coefficient (Wildman–Crippen LogP) is 5.51. The monoisotopic (exact) mass is 404 g/mol. The lowest BCUT2D eigenvalue weighted by Gasteiger charge is -2.15. The van der Waals surface area contributed by atoms with Crippen LogP contribution in [0.5, 0.6) is 0 Å². The SMILES string of the molecule is Cc1csc(SCc2ccc(C(=O)NC(C)c3ccc(F)c(F)c3)cc2)n1. The van der Waals surface area contributed by atoms with Gasteiger partial charge in [-0.25, -0.2) is 13.8 Å². The molecule has 27 heavy (non-hydrogen) atoms. The lowest BCUT2D eigenvalue weighted by Crippen LogP contribution is -2.26. The van der Waals surface area contributed by atoms with E-state index in [0.29, 0.717) is 11.1 Å². The maximum Gasteiger partial charge on any atom is 0.251 e. The van der Waals surface area contributed by atoms with Gasteiger partial charge in [-0.15, -0.1) is 11.3 Å². The molecule has 0 spiro atoms. The van der Waals surface area contributed by atoms with Crippen LogP contribution >= 0.6 is 23.1 Å². The van der Waals surface area contributed by atoms with E-state index < -0.39 is 17.7 Å². The molecule has 0 radical (unpaired) electrons. The smallest absolute Gasteiger partial charge is 0.251 e. The van der Waals surface area contributed by atoms with Crippen LogP contribution in [-0.4, -0.2) is 10.9 Å². The molecule has 3 nitrogen and oxygen atoms in total. The molecule has 140 valence electrons. The first-order valence-electron chi connectivity index (χ1n) is 8.32. The van der Waals surface area contributed by atoms with Gasteiger partial charge in [0.2, 0.25) is 0 Å². The number of benzene rings is 2. The lowest BCUT2D eigenvalue weighted by atomic mass is 10.1. The highest BCUT2D eigenvalue weighted by molar-refractivity contribution is 8.00. The second-order valence-corrected chi connectivity index (χ2v) is 8.19. The van der Waals surface area contributed by atoms with Gasteiger partial charge in [0, 0.05) is 22.4 Å². The minimum absolute atomic E-state index is 0.262. The van der Waals surface area contributed by atoms with Crippen molar-refractivity contribution in [1.82, 2.24) is 10.3 Å². The van der Waals surface area contributed by atoms with Gasteiger partial charge < -0.3 is 5.32 Å². The van der Waals surface area contributed by atoms with E-state index in [9.17, 15) is 13.6 Å². The highest BCUT2D eigenvalue weighted by Crippen LogP contribution is 2.26. The van der Waals surface area contributed by atoms with Crippen LogP contribution in [0.2, 0.25) is 0 Å². The number of halogens is 2. The molecule has 1 atom stereocenters. The van der Waals surface area contributed by atoms with Crippen LogP contribution in [-0.2, 0) is 5.75 Å². The van der Waals surface area contributed by atoms with Gasteiger partial charge in [0.15, 0.2) is 11.6 Å². The number of thioether (sulfide) groups is 1. The molecule has 2 aromatic carbocycles. The summed E-state index contributed by atoms with van der Waals surface area (Å²) in [5.74, 6) is -1.31. The summed E-state index contributed by atoms with van der Waals surface area (Å²) >= 11 is 3.28. The van der Waals surface area contributed by atoms with E-state index in [0.717, 1.165) is 33.5 Å². The molecule has 0 fully saturated rings. The van der Waals surface area contributed by atoms with E-state index >= 15 is 0 Å². The van der Waals surface area contributed by atoms with Crippen molar-refractivity contribution in [3.05, 3.63) is 81.9 Å². The van der Waals surface area contributed by atoms with Gasteiger partial charge in [0.1, 0.15) is 4.34 Å². The van der Waals surface area contributed by atoms with E-state index in [4.69, 9.17) is 0 Å². The van der Waals surface area contributed by atoms with Crippen molar-refractivity contribution < 1.29 is 13.6 Å². The molecular formula is C20H18F2N2OS2. The second kappa shape index (κ2) is 8.63. The van der Waals surface area contributed by atoms with Gasteiger partial charge in [-0.1, -0.05) is 30.0 Å². The third kappa shape index (κ3) is 5.14.